The summed E-state index contributed by atoms with van der Waals surface area (Å²) < 4.78 is 41.8. The highest BCUT2D eigenvalue weighted by Crippen LogP contribution is 2.38. The smallest absolute Gasteiger partial charge is 0.360 e. The number of hydrogen-bond acceptors (Lipinski definition) is 4. The second kappa shape index (κ2) is 5.90. The Bertz CT molecular complexity index is 1140. The van der Waals surface area contributed by atoms with Gasteiger partial charge in [-0.05, 0) is 19.9 Å². The molecular weight excluding hydrogens is 357 g/mol. The highest BCUT2D eigenvalue weighted by molar-refractivity contribution is 5.97. The van der Waals surface area contributed by atoms with Gasteiger partial charge in [0.2, 0.25) is 0 Å². The first-order valence-corrected chi connectivity index (χ1v) is 8.14. The number of hydrogen-bond donors (Lipinski definition) is 1. The van der Waals surface area contributed by atoms with E-state index in [0.717, 1.165) is 17.6 Å². The lowest BCUT2D eigenvalue weighted by Gasteiger charge is -2.11. The van der Waals surface area contributed by atoms with Gasteiger partial charge >= 0.3 is 6.18 Å². The van der Waals surface area contributed by atoms with Crippen LogP contribution in [0.3, 0.4) is 0 Å². The summed E-state index contributed by atoms with van der Waals surface area (Å²) >= 11 is 0. The number of benzene rings is 1. The van der Waals surface area contributed by atoms with Crippen LogP contribution < -0.4 is 0 Å². The zero-order valence-corrected chi connectivity index (χ0v) is 14.8. The highest BCUT2D eigenvalue weighted by atomic mass is 19.4. The average molecular weight is 372 g/mol. The zero-order valence-electron chi connectivity index (χ0n) is 14.8. The third kappa shape index (κ3) is 2.94. The van der Waals surface area contributed by atoms with Crippen molar-refractivity contribution in [3.8, 4) is 22.6 Å². The maximum absolute atomic E-state index is 13.4. The predicted molar refractivity (Wildman–Crippen MR) is 93.8 cm³/mol. The van der Waals surface area contributed by atoms with Gasteiger partial charge in [-0.1, -0.05) is 12.1 Å². The van der Waals surface area contributed by atoms with Crippen molar-refractivity contribution in [2.45, 2.75) is 20.0 Å². The maximum atomic E-state index is 13.4. The molecule has 0 amide bonds. The first-order chi connectivity index (χ1) is 12.7. The van der Waals surface area contributed by atoms with E-state index in [1.54, 1.807) is 30.8 Å². The standard InChI is InChI=1S/C18H15F3N6/c1-9-22-8-14(18(19,20)21)16(24-9)13-7-23-15-6-11(4-5-12(13)15)17-25-10(2)27(3)26-17/h4-8,23H,1-3H3. The van der Waals surface area contributed by atoms with Gasteiger partial charge in [0.1, 0.15) is 17.2 Å². The number of alkyl halides is 3. The van der Waals surface area contributed by atoms with Crippen molar-refractivity contribution in [3.63, 3.8) is 0 Å². The van der Waals surface area contributed by atoms with Crippen LogP contribution in [-0.2, 0) is 13.2 Å². The summed E-state index contributed by atoms with van der Waals surface area (Å²) in [6.45, 7) is 3.41. The number of fused-ring (bicyclic) bond motifs is 1. The Morgan fingerprint density at radius 2 is 1.89 bits per heavy atom. The van der Waals surface area contributed by atoms with Gasteiger partial charge in [0.05, 0.1) is 5.69 Å². The lowest BCUT2D eigenvalue weighted by Crippen LogP contribution is -2.10. The van der Waals surface area contributed by atoms with Crippen LogP contribution in [0.5, 0.6) is 0 Å². The van der Waals surface area contributed by atoms with Gasteiger partial charge in [-0.3, -0.25) is 4.68 Å². The van der Waals surface area contributed by atoms with Crippen LogP contribution >= 0.6 is 0 Å². The molecule has 27 heavy (non-hydrogen) atoms. The van der Waals surface area contributed by atoms with Crippen molar-refractivity contribution in [1.82, 2.24) is 29.7 Å². The minimum Gasteiger partial charge on any atom is -0.360 e. The summed E-state index contributed by atoms with van der Waals surface area (Å²) in [6, 6.07) is 5.35. The number of aromatic amines is 1. The van der Waals surface area contributed by atoms with Crippen molar-refractivity contribution in [1.29, 1.82) is 0 Å². The van der Waals surface area contributed by atoms with Crippen molar-refractivity contribution in [3.05, 3.63) is 47.8 Å². The van der Waals surface area contributed by atoms with Crippen molar-refractivity contribution in [2.75, 3.05) is 0 Å². The number of nitrogens with one attached hydrogen (secondary N) is 1. The van der Waals surface area contributed by atoms with Gasteiger partial charge in [0, 0.05) is 41.5 Å². The minimum absolute atomic E-state index is 0.138. The summed E-state index contributed by atoms with van der Waals surface area (Å²) in [5.74, 6) is 1.60. The van der Waals surface area contributed by atoms with Gasteiger partial charge in [-0.25, -0.2) is 15.0 Å². The topological polar surface area (TPSA) is 72.3 Å². The summed E-state index contributed by atoms with van der Waals surface area (Å²) in [7, 11) is 1.80. The Kier molecular flexibility index (Phi) is 3.76. The summed E-state index contributed by atoms with van der Waals surface area (Å²) in [5, 5.41) is 4.97. The fourth-order valence-electron chi connectivity index (χ4n) is 2.93. The molecule has 0 unspecified atom stereocenters. The number of nitrogens with zero attached hydrogens (tertiary/aromatic N) is 5. The molecule has 3 heterocycles. The summed E-state index contributed by atoms with van der Waals surface area (Å²) in [4.78, 5) is 15.2. The SMILES string of the molecule is Cc1ncc(C(F)(F)F)c(-c2c[nH]c3cc(-c4nc(C)n(C)n4)ccc23)n1. The van der Waals surface area contributed by atoms with E-state index in [1.165, 1.54) is 6.20 Å². The molecule has 0 bridgehead atoms. The number of halogens is 3. The zero-order chi connectivity index (χ0) is 19.3. The van der Waals surface area contributed by atoms with Crippen LogP contribution in [0.2, 0.25) is 0 Å². The number of rotatable bonds is 2. The van der Waals surface area contributed by atoms with Crippen LogP contribution in [0, 0.1) is 13.8 Å². The van der Waals surface area contributed by atoms with E-state index >= 15 is 0 Å². The van der Waals surface area contributed by atoms with Crippen molar-refractivity contribution in [2.24, 2.45) is 7.05 Å². The van der Waals surface area contributed by atoms with Crippen LogP contribution in [0.25, 0.3) is 33.5 Å². The lowest BCUT2D eigenvalue weighted by molar-refractivity contribution is -0.137. The molecule has 0 fully saturated rings. The third-order valence-corrected chi connectivity index (χ3v) is 4.39. The van der Waals surface area contributed by atoms with E-state index in [1.807, 2.05) is 13.0 Å². The molecule has 138 valence electrons. The molecular formula is C18H15F3N6. The number of aromatic nitrogens is 6. The molecule has 4 rings (SSSR count). The van der Waals surface area contributed by atoms with Gasteiger partial charge in [0.25, 0.3) is 0 Å². The average Bonchev–Trinajstić information content (AvgIpc) is 3.16. The molecule has 0 saturated heterocycles. The molecule has 4 aromatic rings. The van der Waals surface area contributed by atoms with Crippen molar-refractivity contribution >= 4 is 10.9 Å². The molecule has 0 radical (unpaired) electrons. The second-order valence-electron chi connectivity index (χ2n) is 6.25. The Balaban J connectivity index is 1.87. The molecule has 1 N–H and O–H groups in total. The third-order valence-electron chi connectivity index (χ3n) is 4.39. The molecule has 0 aliphatic rings. The normalized spacial score (nSPS) is 12.1. The second-order valence-corrected chi connectivity index (χ2v) is 6.25. The molecule has 0 spiro atoms. The van der Waals surface area contributed by atoms with Crippen LogP contribution in [0.4, 0.5) is 13.2 Å². The summed E-state index contributed by atoms with van der Waals surface area (Å²) in [5.41, 5.74) is 0.826. The largest absolute Gasteiger partial charge is 0.419 e. The van der Waals surface area contributed by atoms with Gasteiger partial charge in [0.15, 0.2) is 5.82 Å². The Labute approximate surface area is 152 Å². The molecule has 0 atom stereocenters. The van der Waals surface area contributed by atoms with E-state index < -0.39 is 11.7 Å². The molecule has 0 saturated carbocycles. The first-order valence-electron chi connectivity index (χ1n) is 8.14. The fraction of sp³-hybridized carbons (Fsp3) is 0.222. The number of H-pyrrole nitrogens is 1. The molecule has 0 aliphatic heterocycles. The van der Waals surface area contributed by atoms with E-state index in [-0.39, 0.29) is 11.5 Å². The lowest BCUT2D eigenvalue weighted by atomic mass is 10.0. The Morgan fingerprint density at radius 1 is 1.11 bits per heavy atom. The predicted octanol–water partition coefficient (Wildman–Crippen LogP) is 4.06. The maximum Gasteiger partial charge on any atom is 0.419 e. The Hall–Kier alpha value is -3.23. The van der Waals surface area contributed by atoms with E-state index in [4.69, 9.17) is 0 Å². The van der Waals surface area contributed by atoms with Gasteiger partial charge in [-0.15, -0.1) is 0 Å². The first kappa shape index (κ1) is 17.2. The minimum atomic E-state index is -4.54. The van der Waals surface area contributed by atoms with E-state index in [9.17, 15) is 13.2 Å². The summed E-state index contributed by atoms with van der Waals surface area (Å²) in [6.07, 6.45) is -2.18. The molecule has 6 nitrogen and oxygen atoms in total. The van der Waals surface area contributed by atoms with Gasteiger partial charge < -0.3 is 4.98 Å². The Morgan fingerprint density at radius 3 is 2.56 bits per heavy atom. The van der Waals surface area contributed by atoms with E-state index in [2.05, 4.69) is 25.0 Å². The molecule has 1 aromatic carbocycles. The fourth-order valence-corrected chi connectivity index (χ4v) is 2.93. The van der Waals surface area contributed by atoms with Crippen LogP contribution in [0.1, 0.15) is 17.2 Å². The highest BCUT2D eigenvalue weighted by Gasteiger charge is 2.35. The van der Waals surface area contributed by atoms with Crippen LogP contribution in [-0.4, -0.2) is 29.7 Å². The van der Waals surface area contributed by atoms with E-state index in [0.29, 0.717) is 22.3 Å². The molecule has 3 aromatic heterocycles. The molecule has 0 aliphatic carbocycles. The molecule has 9 heteroatoms. The van der Waals surface area contributed by atoms with Crippen LogP contribution in [0.15, 0.2) is 30.6 Å². The monoisotopic (exact) mass is 372 g/mol. The van der Waals surface area contributed by atoms with Crippen molar-refractivity contribution < 1.29 is 13.2 Å². The van der Waals surface area contributed by atoms with Gasteiger partial charge in [-0.2, -0.15) is 18.3 Å². The quantitative estimate of drug-likeness (QED) is 0.576. The number of aryl methyl sites for hydroxylation is 3.